The maximum absolute atomic E-state index is 12.0. The van der Waals surface area contributed by atoms with Crippen molar-refractivity contribution in [2.75, 3.05) is 0 Å². The van der Waals surface area contributed by atoms with E-state index >= 15 is 0 Å². The van der Waals surface area contributed by atoms with Crippen molar-refractivity contribution in [3.63, 3.8) is 0 Å². The van der Waals surface area contributed by atoms with Crippen LogP contribution in [0.3, 0.4) is 0 Å². The van der Waals surface area contributed by atoms with Crippen LogP contribution in [-0.2, 0) is 11.2 Å². The lowest BCUT2D eigenvalue weighted by atomic mass is 9.97. The van der Waals surface area contributed by atoms with Crippen molar-refractivity contribution >= 4 is 5.91 Å². The third kappa shape index (κ3) is 2.18. The molecule has 1 N–H and O–H groups in total. The Morgan fingerprint density at radius 2 is 1.95 bits per heavy atom. The van der Waals surface area contributed by atoms with E-state index in [0.717, 1.165) is 29.7 Å². The van der Waals surface area contributed by atoms with Crippen LogP contribution >= 0.6 is 0 Å². The number of hydrogen-bond acceptors (Lipinski definition) is 2. The maximum Gasteiger partial charge on any atom is 0.224 e. The van der Waals surface area contributed by atoms with Gasteiger partial charge in [-0.1, -0.05) is 42.5 Å². The molecule has 0 spiro atoms. The van der Waals surface area contributed by atoms with Gasteiger partial charge in [0.25, 0.3) is 0 Å². The van der Waals surface area contributed by atoms with E-state index in [2.05, 4.69) is 12.2 Å². The quantitative estimate of drug-likeness (QED) is 0.895. The summed E-state index contributed by atoms with van der Waals surface area (Å²) in [5.41, 5.74) is 2.98. The standard InChI is InChI=1S/C17H19NO2/c1-12(19)18-15-10-6-5-9-14(15)17(20)16(18)11-13-7-3-2-4-8-13/h2-4,7-10,16-17,20H,5-6,11H2,1H3. The molecule has 1 aromatic rings. The van der Waals surface area contributed by atoms with Crippen LogP contribution in [0.25, 0.3) is 0 Å². The zero-order valence-electron chi connectivity index (χ0n) is 11.6. The second kappa shape index (κ2) is 5.25. The number of carbonyl (C=O) groups is 1. The molecule has 1 saturated heterocycles. The molecule has 0 saturated carbocycles. The molecule has 0 bridgehead atoms. The second-order valence-corrected chi connectivity index (χ2v) is 5.42. The molecule has 1 aliphatic carbocycles. The molecule has 3 heteroatoms. The highest BCUT2D eigenvalue weighted by Crippen LogP contribution is 2.37. The van der Waals surface area contributed by atoms with E-state index in [1.807, 2.05) is 30.3 Å². The van der Waals surface area contributed by atoms with Crippen LogP contribution in [0.15, 0.2) is 53.8 Å². The van der Waals surface area contributed by atoms with E-state index in [4.69, 9.17) is 0 Å². The summed E-state index contributed by atoms with van der Waals surface area (Å²) >= 11 is 0. The first kappa shape index (κ1) is 13.1. The molecule has 1 aromatic carbocycles. The minimum atomic E-state index is -0.578. The Bertz CT molecular complexity index is 574. The molecule has 1 aliphatic heterocycles. The van der Waals surface area contributed by atoms with Crippen LogP contribution in [0.5, 0.6) is 0 Å². The van der Waals surface area contributed by atoms with Gasteiger partial charge in [-0.15, -0.1) is 0 Å². The fourth-order valence-electron chi connectivity index (χ4n) is 3.18. The number of aliphatic hydroxyl groups excluding tert-OH is 1. The molecule has 2 atom stereocenters. The first-order chi connectivity index (χ1) is 9.68. The normalized spacial score (nSPS) is 25.0. The van der Waals surface area contributed by atoms with Crippen LogP contribution < -0.4 is 0 Å². The first-order valence-corrected chi connectivity index (χ1v) is 7.11. The Hall–Kier alpha value is -1.87. The van der Waals surface area contributed by atoms with Gasteiger partial charge < -0.3 is 10.0 Å². The monoisotopic (exact) mass is 269 g/mol. The van der Waals surface area contributed by atoms with Crippen molar-refractivity contribution in [2.24, 2.45) is 0 Å². The molecule has 104 valence electrons. The molecular weight excluding hydrogens is 250 g/mol. The average Bonchev–Trinajstić information content (AvgIpc) is 2.74. The largest absolute Gasteiger partial charge is 0.386 e. The van der Waals surface area contributed by atoms with Gasteiger partial charge in [-0.05, 0) is 24.8 Å². The summed E-state index contributed by atoms with van der Waals surface area (Å²) in [4.78, 5) is 13.8. The Morgan fingerprint density at radius 3 is 2.65 bits per heavy atom. The highest BCUT2D eigenvalue weighted by molar-refractivity contribution is 5.78. The van der Waals surface area contributed by atoms with E-state index in [-0.39, 0.29) is 11.9 Å². The van der Waals surface area contributed by atoms with Crippen LogP contribution in [0.4, 0.5) is 0 Å². The number of rotatable bonds is 2. The summed E-state index contributed by atoms with van der Waals surface area (Å²) < 4.78 is 0. The highest BCUT2D eigenvalue weighted by atomic mass is 16.3. The van der Waals surface area contributed by atoms with E-state index in [0.29, 0.717) is 6.42 Å². The molecular formula is C17H19NO2. The molecule has 3 nitrogen and oxygen atoms in total. The van der Waals surface area contributed by atoms with Crippen LogP contribution in [0.2, 0.25) is 0 Å². The number of hydrogen-bond donors (Lipinski definition) is 1. The lowest BCUT2D eigenvalue weighted by Gasteiger charge is -2.25. The summed E-state index contributed by atoms with van der Waals surface area (Å²) in [7, 11) is 0. The number of benzene rings is 1. The number of nitrogens with zero attached hydrogens (tertiary/aromatic N) is 1. The molecule has 20 heavy (non-hydrogen) atoms. The molecule has 2 unspecified atom stereocenters. The summed E-state index contributed by atoms with van der Waals surface area (Å²) in [6.45, 7) is 1.57. The van der Waals surface area contributed by atoms with E-state index in [1.54, 1.807) is 11.8 Å². The van der Waals surface area contributed by atoms with Crippen molar-refractivity contribution in [3.05, 3.63) is 59.3 Å². The van der Waals surface area contributed by atoms with Gasteiger partial charge in [-0.3, -0.25) is 4.79 Å². The van der Waals surface area contributed by atoms with Gasteiger partial charge in [0.05, 0.1) is 6.04 Å². The fourth-order valence-corrected chi connectivity index (χ4v) is 3.18. The van der Waals surface area contributed by atoms with E-state index in [9.17, 15) is 9.90 Å². The summed E-state index contributed by atoms with van der Waals surface area (Å²) in [6.07, 6.45) is 6.13. The van der Waals surface area contributed by atoms with Crippen molar-refractivity contribution in [3.8, 4) is 0 Å². The number of carbonyl (C=O) groups excluding carboxylic acids is 1. The zero-order chi connectivity index (χ0) is 14.1. The summed E-state index contributed by atoms with van der Waals surface area (Å²) in [5.74, 6) is 0.00142. The second-order valence-electron chi connectivity index (χ2n) is 5.42. The van der Waals surface area contributed by atoms with Crippen molar-refractivity contribution in [1.29, 1.82) is 0 Å². The number of aliphatic hydroxyl groups is 1. The zero-order valence-corrected chi connectivity index (χ0v) is 11.6. The van der Waals surface area contributed by atoms with Crippen LogP contribution in [0, 0.1) is 0 Å². The minimum absolute atomic E-state index is 0.00142. The Morgan fingerprint density at radius 1 is 1.25 bits per heavy atom. The lowest BCUT2D eigenvalue weighted by Crippen LogP contribution is -2.39. The summed E-state index contributed by atoms with van der Waals surface area (Å²) in [6, 6.07) is 9.83. The molecule has 1 heterocycles. The van der Waals surface area contributed by atoms with Gasteiger partial charge in [-0.2, -0.15) is 0 Å². The lowest BCUT2D eigenvalue weighted by molar-refractivity contribution is -0.128. The smallest absolute Gasteiger partial charge is 0.224 e. The van der Waals surface area contributed by atoms with Gasteiger partial charge >= 0.3 is 0 Å². The number of fused-ring (bicyclic) bond motifs is 1. The molecule has 2 aliphatic rings. The van der Waals surface area contributed by atoms with Crippen LogP contribution in [0.1, 0.15) is 25.3 Å². The third-order valence-corrected chi connectivity index (χ3v) is 4.07. The average molecular weight is 269 g/mol. The van der Waals surface area contributed by atoms with Gasteiger partial charge in [0, 0.05) is 18.2 Å². The maximum atomic E-state index is 12.0. The first-order valence-electron chi connectivity index (χ1n) is 7.11. The molecule has 1 fully saturated rings. The van der Waals surface area contributed by atoms with Gasteiger partial charge in [0.2, 0.25) is 5.91 Å². The molecule has 3 rings (SSSR count). The Labute approximate surface area is 119 Å². The minimum Gasteiger partial charge on any atom is -0.386 e. The predicted octanol–water partition coefficient (Wildman–Crippen LogP) is 2.42. The van der Waals surface area contributed by atoms with Gasteiger partial charge in [0.1, 0.15) is 6.10 Å². The Balaban J connectivity index is 1.94. The number of likely N-dealkylation sites (tertiary alicyclic amines) is 1. The molecule has 0 radical (unpaired) electrons. The SMILES string of the molecule is CC(=O)N1C2=CCCC=C2C(O)C1Cc1ccccc1. The van der Waals surface area contributed by atoms with E-state index in [1.165, 1.54) is 0 Å². The molecule has 0 aromatic heterocycles. The van der Waals surface area contributed by atoms with Crippen LogP contribution in [-0.4, -0.2) is 28.1 Å². The van der Waals surface area contributed by atoms with Crippen molar-refractivity contribution in [2.45, 2.75) is 38.3 Å². The fraction of sp³-hybridized carbons (Fsp3) is 0.353. The molecule has 1 amide bonds. The third-order valence-electron chi connectivity index (χ3n) is 4.07. The number of allylic oxidation sites excluding steroid dienone is 2. The highest BCUT2D eigenvalue weighted by Gasteiger charge is 2.42. The number of amides is 1. The van der Waals surface area contributed by atoms with Gasteiger partial charge in [0.15, 0.2) is 0 Å². The predicted molar refractivity (Wildman–Crippen MR) is 77.9 cm³/mol. The van der Waals surface area contributed by atoms with Crippen molar-refractivity contribution < 1.29 is 9.90 Å². The van der Waals surface area contributed by atoms with E-state index < -0.39 is 6.10 Å². The summed E-state index contributed by atoms with van der Waals surface area (Å²) in [5, 5.41) is 10.6. The van der Waals surface area contributed by atoms with Crippen molar-refractivity contribution in [1.82, 2.24) is 4.90 Å². The Kier molecular flexibility index (Phi) is 3.45. The topological polar surface area (TPSA) is 40.5 Å². The van der Waals surface area contributed by atoms with Gasteiger partial charge in [-0.25, -0.2) is 0 Å².